The molecule has 0 radical (unpaired) electrons. The number of nitrogens with zero attached hydrogens (tertiary/aromatic N) is 3. The Morgan fingerprint density at radius 1 is 1.20 bits per heavy atom. The third-order valence-electron chi connectivity index (χ3n) is 4.80. The lowest BCUT2D eigenvalue weighted by Gasteiger charge is -2.27. The van der Waals surface area contributed by atoms with E-state index in [0.29, 0.717) is 18.3 Å². The molecule has 1 aromatic heterocycles. The van der Waals surface area contributed by atoms with Gasteiger partial charge >= 0.3 is 0 Å². The van der Waals surface area contributed by atoms with Gasteiger partial charge in [-0.1, -0.05) is 35.5 Å². The van der Waals surface area contributed by atoms with E-state index in [2.05, 4.69) is 34.1 Å². The summed E-state index contributed by atoms with van der Waals surface area (Å²) in [5, 5.41) is 13.5. The molecular formula is C19H27N3O3. The van der Waals surface area contributed by atoms with E-state index >= 15 is 0 Å². The van der Waals surface area contributed by atoms with Crippen molar-refractivity contribution in [2.75, 3.05) is 19.8 Å². The van der Waals surface area contributed by atoms with Crippen LogP contribution in [0.4, 0.5) is 0 Å². The number of benzene rings is 1. The first-order valence-electron chi connectivity index (χ1n) is 9.05. The van der Waals surface area contributed by atoms with Crippen molar-refractivity contribution in [1.82, 2.24) is 15.0 Å². The Balaban J connectivity index is 1.67. The zero-order chi connectivity index (χ0) is 17.5. The molecule has 0 bridgehead atoms. The summed E-state index contributed by atoms with van der Waals surface area (Å²) < 4.78 is 10.9. The zero-order valence-corrected chi connectivity index (χ0v) is 14.8. The fourth-order valence-corrected chi connectivity index (χ4v) is 3.18. The molecule has 1 unspecified atom stereocenters. The number of hydrogen-bond acceptors (Lipinski definition) is 6. The summed E-state index contributed by atoms with van der Waals surface area (Å²) in [7, 11) is 0. The maximum atomic E-state index is 9.30. The van der Waals surface area contributed by atoms with E-state index in [4.69, 9.17) is 9.26 Å². The minimum Gasteiger partial charge on any atom is -0.396 e. The van der Waals surface area contributed by atoms with Crippen LogP contribution in [0.2, 0.25) is 0 Å². The molecule has 0 aliphatic carbocycles. The standard InChI is InChI=1S/C19H27N3O3/c1-15(7-10-23)22(13-16-5-3-2-4-6-16)14-18-20-19(25-21-18)17-8-11-24-12-9-17/h2-6,15,17,23H,7-14H2,1H3. The van der Waals surface area contributed by atoms with Crippen molar-refractivity contribution in [3.63, 3.8) is 0 Å². The van der Waals surface area contributed by atoms with Gasteiger partial charge in [-0.15, -0.1) is 0 Å². The van der Waals surface area contributed by atoms with E-state index < -0.39 is 0 Å². The van der Waals surface area contributed by atoms with Crippen LogP contribution in [0.25, 0.3) is 0 Å². The van der Waals surface area contributed by atoms with Crippen molar-refractivity contribution < 1.29 is 14.4 Å². The van der Waals surface area contributed by atoms with Gasteiger partial charge in [0, 0.05) is 38.3 Å². The number of aromatic nitrogens is 2. The third kappa shape index (κ3) is 5.11. The number of rotatable bonds is 8. The Bertz CT molecular complexity index is 626. The fraction of sp³-hybridized carbons (Fsp3) is 0.579. The highest BCUT2D eigenvalue weighted by Gasteiger charge is 2.23. The van der Waals surface area contributed by atoms with Crippen LogP contribution in [0.3, 0.4) is 0 Å². The molecular weight excluding hydrogens is 318 g/mol. The van der Waals surface area contributed by atoms with Crippen molar-refractivity contribution in [2.45, 2.75) is 51.2 Å². The lowest BCUT2D eigenvalue weighted by Crippen LogP contribution is -2.33. The number of ether oxygens (including phenoxy) is 1. The van der Waals surface area contributed by atoms with Crippen molar-refractivity contribution in [3.8, 4) is 0 Å². The van der Waals surface area contributed by atoms with Gasteiger partial charge in [-0.25, -0.2) is 0 Å². The van der Waals surface area contributed by atoms with Gasteiger partial charge in [0.05, 0.1) is 6.54 Å². The van der Waals surface area contributed by atoms with Gasteiger partial charge in [-0.3, -0.25) is 4.90 Å². The van der Waals surface area contributed by atoms with Gasteiger partial charge in [0.15, 0.2) is 5.82 Å². The SMILES string of the molecule is CC(CCO)N(Cc1ccccc1)Cc1noc(C2CCOCC2)n1. The van der Waals surface area contributed by atoms with E-state index in [1.807, 2.05) is 18.2 Å². The third-order valence-corrected chi connectivity index (χ3v) is 4.80. The van der Waals surface area contributed by atoms with E-state index in [1.165, 1.54) is 5.56 Å². The summed E-state index contributed by atoms with van der Waals surface area (Å²) in [6.45, 7) is 5.22. The molecule has 6 nitrogen and oxygen atoms in total. The Hall–Kier alpha value is -1.76. The molecule has 1 N–H and O–H groups in total. The molecule has 136 valence electrons. The molecule has 1 saturated heterocycles. The highest BCUT2D eigenvalue weighted by Crippen LogP contribution is 2.25. The van der Waals surface area contributed by atoms with Crippen LogP contribution in [0.15, 0.2) is 34.9 Å². The molecule has 2 heterocycles. The van der Waals surface area contributed by atoms with Crippen molar-refractivity contribution in [2.24, 2.45) is 0 Å². The molecule has 1 fully saturated rings. The lowest BCUT2D eigenvalue weighted by atomic mass is 10.0. The highest BCUT2D eigenvalue weighted by atomic mass is 16.5. The summed E-state index contributed by atoms with van der Waals surface area (Å²) in [5.74, 6) is 1.75. The quantitative estimate of drug-likeness (QED) is 0.793. The molecule has 3 rings (SSSR count). The van der Waals surface area contributed by atoms with Crippen molar-refractivity contribution in [3.05, 3.63) is 47.6 Å². The van der Waals surface area contributed by atoms with Crippen LogP contribution in [-0.4, -0.2) is 46.0 Å². The largest absolute Gasteiger partial charge is 0.396 e. The molecule has 0 amide bonds. The maximum absolute atomic E-state index is 9.30. The van der Waals surface area contributed by atoms with Crippen molar-refractivity contribution >= 4 is 0 Å². The smallest absolute Gasteiger partial charge is 0.229 e. The molecule has 0 spiro atoms. The van der Waals surface area contributed by atoms with E-state index in [1.54, 1.807) is 0 Å². The molecule has 1 aliphatic rings. The van der Waals surface area contributed by atoms with Gasteiger partial charge in [-0.2, -0.15) is 4.98 Å². The summed E-state index contributed by atoms with van der Waals surface area (Å²) in [4.78, 5) is 6.90. The highest BCUT2D eigenvalue weighted by molar-refractivity contribution is 5.14. The first kappa shape index (κ1) is 18.0. The molecule has 2 aromatic rings. The van der Waals surface area contributed by atoms with Crippen LogP contribution >= 0.6 is 0 Å². The monoisotopic (exact) mass is 345 g/mol. The average Bonchev–Trinajstić information content (AvgIpc) is 3.12. The van der Waals surface area contributed by atoms with Gasteiger partial charge in [-0.05, 0) is 31.7 Å². The second-order valence-electron chi connectivity index (χ2n) is 6.69. The Kier molecular flexibility index (Phi) is 6.55. The van der Waals surface area contributed by atoms with Crippen LogP contribution in [0.5, 0.6) is 0 Å². The summed E-state index contributed by atoms with van der Waals surface area (Å²) >= 11 is 0. The molecule has 25 heavy (non-hydrogen) atoms. The predicted octanol–water partition coefficient (Wildman–Crippen LogP) is 2.74. The Labute approximate surface area is 148 Å². The number of aliphatic hydroxyl groups excluding tert-OH is 1. The van der Waals surface area contributed by atoms with Gasteiger partial charge < -0.3 is 14.4 Å². The molecule has 0 saturated carbocycles. The van der Waals surface area contributed by atoms with E-state index in [9.17, 15) is 5.11 Å². The molecule has 1 atom stereocenters. The number of aliphatic hydroxyl groups is 1. The summed E-state index contributed by atoms with van der Waals surface area (Å²) in [5.41, 5.74) is 1.24. The Morgan fingerprint density at radius 2 is 1.96 bits per heavy atom. The average molecular weight is 345 g/mol. The predicted molar refractivity (Wildman–Crippen MR) is 93.9 cm³/mol. The van der Waals surface area contributed by atoms with Gasteiger partial charge in [0.2, 0.25) is 5.89 Å². The van der Waals surface area contributed by atoms with Crippen LogP contribution < -0.4 is 0 Å². The second kappa shape index (κ2) is 9.08. The second-order valence-corrected chi connectivity index (χ2v) is 6.69. The lowest BCUT2D eigenvalue weighted by molar-refractivity contribution is 0.0778. The van der Waals surface area contributed by atoms with E-state index in [0.717, 1.165) is 44.9 Å². The summed E-state index contributed by atoms with van der Waals surface area (Å²) in [6.07, 6.45) is 2.60. The minimum atomic E-state index is 0.173. The van der Waals surface area contributed by atoms with Crippen molar-refractivity contribution in [1.29, 1.82) is 0 Å². The zero-order valence-electron chi connectivity index (χ0n) is 14.8. The first-order valence-corrected chi connectivity index (χ1v) is 9.05. The summed E-state index contributed by atoms with van der Waals surface area (Å²) in [6, 6.07) is 10.6. The van der Waals surface area contributed by atoms with Crippen LogP contribution in [-0.2, 0) is 17.8 Å². The van der Waals surface area contributed by atoms with Crippen LogP contribution in [0, 0.1) is 0 Å². The van der Waals surface area contributed by atoms with Gasteiger partial charge in [0.1, 0.15) is 0 Å². The number of hydrogen-bond donors (Lipinski definition) is 1. The van der Waals surface area contributed by atoms with Crippen LogP contribution in [0.1, 0.15) is 49.4 Å². The molecule has 6 heteroatoms. The normalized spacial score (nSPS) is 17.1. The van der Waals surface area contributed by atoms with E-state index in [-0.39, 0.29) is 12.6 Å². The maximum Gasteiger partial charge on any atom is 0.229 e. The fourth-order valence-electron chi connectivity index (χ4n) is 3.18. The molecule has 1 aliphatic heterocycles. The minimum absolute atomic E-state index is 0.173. The first-order chi connectivity index (χ1) is 12.3. The Morgan fingerprint density at radius 3 is 2.68 bits per heavy atom. The van der Waals surface area contributed by atoms with Gasteiger partial charge in [0.25, 0.3) is 0 Å². The topological polar surface area (TPSA) is 71.6 Å². The molecule has 1 aromatic carbocycles.